The second-order valence-electron chi connectivity index (χ2n) is 3.87. The highest BCUT2D eigenvalue weighted by molar-refractivity contribution is 5.81. The molecule has 0 heterocycles. The van der Waals surface area contributed by atoms with Gasteiger partial charge in [-0.25, -0.2) is 0 Å². The van der Waals surface area contributed by atoms with Crippen molar-refractivity contribution < 1.29 is 14.7 Å². The van der Waals surface area contributed by atoms with Gasteiger partial charge in [-0.05, 0) is 12.8 Å². The largest absolute Gasteiger partial charge is 0.395 e. The second kappa shape index (κ2) is 8.10. The van der Waals surface area contributed by atoms with Gasteiger partial charge in [-0.2, -0.15) is 0 Å². The highest BCUT2D eigenvalue weighted by Gasteiger charge is 2.21. The Hall–Kier alpha value is -1.10. The highest BCUT2D eigenvalue weighted by Crippen LogP contribution is 2.15. The van der Waals surface area contributed by atoms with Gasteiger partial charge in [0.2, 0.25) is 11.8 Å². The third kappa shape index (κ3) is 5.11. The van der Waals surface area contributed by atoms with Gasteiger partial charge < -0.3 is 15.7 Å². The van der Waals surface area contributed by atoms with Crippen LogP contribution in [0.2, 0.25) is 0 Å². The summed E-state index contributed by atoms with van der Waals surface area (Å²) >= 11 is 0. The maximum absolute atomic E-state index is 11.5. The number of aliphatic hydroxyl groups is 1. The van der Waals surface area contributed by atoms with Crippen molar-refractivity contribution in [2.24, 2.45) is 11.8 Å². The Morgan fingerprint density at radius 1 is 1.31 bits per heavy atom. The third-order valence-electron chi connectivity index (χ3n) is 2.61. The lowest BCUT2D eigenvalue weighted by Crippen LogP contribution is -2.35. The Labute approximate surface area is 96.6 Å². The number of hydrogen-bond acceptors (Lipinski definition) is 3. The summed E-state index contributed by atoms with van der Waals surface area (Å²) in [5.41, 5.74) is 0. The number of rotatable bonds is 7. The summed E-state index contributed by atoms with van der Waals surface area (Å²) in [7, 11) is 1.60. The summed E-state index contributed by atoms with van der Waals surface area (Å²) in [5, 5.41) is 13.8. The molecule has 0 aliphatic rings. The van der Waals surface area contributed by atoms with Crippen molar-refractivity contribution in [3.63, 3.8) is 0 Å². The molecular weight excluding hydrogens is 208 g/mol. The van der Waals surface area contributed by atoms with Crippen LogP contribution >= 0.6 is 0 Å². The molecule has 0 rings (SSSR count). The van der Waals surface area contributed by atoms with Gasteiger partial charge in [-0.3, -0.25) is 9.59 Å². The quantitative estimate of drug-likeness (QED) is 0.571. The lowest BCUT2D eigenvalue weighted by molar-refractivity contribution is -0.127. The third-order valence-corrected chi connectivity index (χ3v) is 2.61. The van der Waals surface area contributed by atoms with E-state index in [9.17, 15) is 9.59 Å². The zero-order valence-corrected chi connectivity index (χ0v) is 10.2. The maximum Gasteiger partial charge on any atom is 0.222 e. The van der Waals surface area contributed by atoms with E-state index in [1.54, 1.807) is 14.0 Å². The van der Waals surface area contributed by atoms with E-state index in [-0.39, 0.29) is 36.8 Å². The molecule has 0 radical (unpaired) electrons. The van der Waals surface area contributed by atoms with Gasteiger partial charge in [0.05, 0.1) is 6.61 Å². The molecule has 5 heteroatoms. The van der Waals surface area contributed by atoms with Crippen LogP contribution in [0.15, 0.2) is 0 Å². The predicted octanol–water partition coefficient (Wildman–Crippen LogP) is -0.107. The van der Waals surface area contributed by atoms with E-state index in [1.807, 2.05) is 6.92 Å². The van der Waals surface area contributed by atoms with E-state index in [0.29, 0.717) is 6.42 Å². The summed E-state index contributed by atoms with van der Waals surface area (Å²) in [6, 6.07) is 0. The fourth-order valence-electron chi connectivity index (χ4n) is 1.55. The number of nitrogens with one attached hydrogen (secondary N) is 2. The van der Waals surface area contributed by atoms with E-state index in [1.165, 1.54) is 0 Å². The summed E-state index contributed by atoms with van der Waals surface area (Å²) in [5.74, 6) is -0.477. The first-order valence-corrected chi connectivity index (χ1v) is 5.66. The molecule has 0 bridgehead atoms. The smallest absolute Gasteiger partial charge is 0.222 e. The van der Waals surface area contributed by atoms with Crippen molar-refractivity contribution in [1.82, 2.24) is 10.6 Å². The monoisotopic (exact) mass is 230 g/mol. The Balaban J connectivity index is 4.13. The van der Waals surface area contributed by atoms with E-state index >= 15 is 0 Å². The van der Waals surface area contributed by atoms with Gasteiger partial charge in [0.1, 0.15) is 0 Å². The predicted molar refractivity (Wildman–Crippen MR) is 61.7 cm³/mol. The van der Waals surface area contributed by atoms with Crippen LogP contribution in [0, 0.1) is 11.8 Å². The first-order valence-electron chi connectivity index (χ1n) is 5.66. The standard InChI is InChI=1S/C11H22N2O3/c1-4-9(11(16)12-3)7-8(2)10(15)13-5-6-14/h8-9,14H,4-7H2,1-3H3,(H,12,16)(H,13,15). The number of aliphatic hydroxyl groups excluding tert-OH is 1. The molecule has 2 amide bonds. The Morgan fingerprint density at radius 2 is 1.94 bits per heavy atom. The zero-order chi connectivity index (χ0) is 12.6. The Bertz CT molecular complexity index is 231. The highest BCUT2D eigenvalue weighted by atomic mass is 16.3. The molecule has 2 unspecified atom stereocenters. The van der Waals surface area contributed by atoms with Crippen molar-refractivity contribution >= 4 is 11.8 Å². The molecule has 94 valence electrons. The Kier molecular flexibility index (Phi) is 7.54. The fourth-order valence-corrected chi connectivity index (χ4v) is 1.55. The van der Waals surface area contributed by atoms with Gasteiger partial charge in [0, 0.05) is 25.4 Å². The summed E-state index contributed by atoms with van der Waals surface area (Å²) < 4.78 is 0. The van der Waals surface area contributed by atoms with E-state index in [4.69, 9.17) is 5.11 Å². The number of amides is 2. The first-order chi connectivity index (χ1) is 7.56. The summed E-state index contributed by atoms with van der Waals surface area (Å²) in [6.07, 6.45) is 1.25. The van der Waals surface area contributed by atoms with Crippen molar-refractivity contribution in [2.75, 3.05) is 20.2 Å². The van der Waals surface area contributed by atoms with Gasteiger partial charge >= 0.3 is 0 Å². The van der Waals surface area contributed by atoms with Crippen LogP contribution in [0.5, 0.6) is 0 Å². The molecule has 0 spiro atoms. The minimum absolute atomic E-state index is 0.0238. The number of carbonyl (C=O) groups is 2. The van der Waals surface area contributed by atoms with Crippen molar-refractivity contribution in [3.8, 4) is 0 Å². The van der Waals surface area contributed by atoms with Gasteiger partial charge in [-0.1, -0.05) is 13.8 Å². The molecule has 0 aliphatic carbocycles. The molecule has 3 N–H and O–H groups in total. The van der Waals surface area contributed by atoms with Gasteiger partial charge in [0.15, 0.2) is 0 Å². The maximum atomic E-state index is 11.5. The SMILES string of the molecule is CCC(CC(C)C(=O)NCCO)C(=O)NC. The van der Waals surface area contributed by atoms with Crippen LogP contribution in [0.1, 0.15) is 26.7 Å². The van der Waals surface area contributed by atoms with E-state index < -0.39 is 0 Å². The molecule has 0 aliphatic heterocycles. The molecule has 0 aromatic carbocycles. The normalized spacial score (nSPS) is 14.0. The lowest BCUT2D eigenvalue weighted by atomic mass is 9.92. The lowest BCUT2D eigenvalue weighted by Gasteiger charge is -2.17. The van der Waals surface area contributed by atoms with Gasteiger partial charge in [0.25, 0.3) is 0 Å². The molecular formula is C11H22N2O3. The van der Waals surface area contributed by atoms with Crippen LogP contribution in [-0.2, 0) is 9.59 Å². The molecule has 0 aromatic rings. The Morgan fingerprint density at radius 3 is 2.38 bits per heavy atom. The average Bonchev–Trinajstić information content (AvgIpc) is 2.31. The summed E-state index contributed by atoms with van der Waals surface area (Å²) in [6.45, 7) is 3.92. The minimum atomic E-state index is -0.214. The van der Waals surface area contributed by atoms with Crippen LogP contribution in [0.25, 0.3) is 0 Å². The molecule has 0 saturated heterocycles. The molecule has 2 atom stereocenters. The van der Waals surface area contributed by atoms with Crippen LogP contribution in [0.3, 0.4) is 0 Å². The average molecular weight is 230 g/mol. The van der Waals surface area contributed by atoms with Crippen LogP contribution in [0.4, 0.5) is 0 Å². The van der Waals surface area contributed by atoms with Crippen molar-refractivity contribution in [3.05, 3.63) is 0 Å². The van der Waals surface area contributed by atoms with Crippen molar-refractivity contribution in [2.45, 2.75) is 26.7 Å². The molecule has 0 saturated carbocycles. The first kappa shape index (κ1) is 14.9. The molecule has 0 fully saturated rings. The minimum Gasteiger partial charge on any atom is -0.395 e. The molecule has 16 heavy (non-hydrogen) atoms. The zero-order valence-electron chi connectivity index (χ0n) is 10.2. The fraction of sp³-hybridized carbons (Fsp3) is 0.818. The van der Waals surface area contributed by atoms with Crippen LogP contribution in [-0.4, -0.2) is 37.1 Å². The van der Waals surface area contributed by atoms with Gasteiger partial charge in [-0.15, -0.1) is 0 Å². The van der Waals surface area contributed by atoms with E-state index in [2.05, 4.69) is 10.6 Å². The van der Waals surface area contributed by atoms with Crippen molar-refractivity contribution in [1.29, 1.82) is 0 Å². The molecule has 5 nitrogen and oxygen atoms in total. The number of carbonyl (C=O) groups excluding carboxylic acids is 2. The second-order valence-corrected chi connectivity index (χ2v) is 3.87. The topological polar surface area (TPSA) is 78.4 Å². The molecule has 0 aromatic heterocycles. The summed E-state index contributed by atoms with van der Waals surface area (Å²) in [4.78, 5) is 22.9. The van der Waals surface area contributed by atoms with Crippen LogP contribution < -0.4 is 10.6 Å². The van der Waals surface area contributed by atoms with E-state index in [0.717, 1.165) is 6.42 Å². The number of hydrogen-bond donors (Lipinski definition) is 3.